The molecule has 0 aliphatic rings. The summed E-state index contributed by atoms with van der Waals surface area (Å²) in [5, 5.41) is 2.95. The first-order chi connectivity index (χ1) is 18.5. The lowest BCUT2D eigenvalue weighted by Crippen LogP contribution is -2.54. The molecule has 0 heterocycles. The lowest BCUT2D eigenvalue weighted by Gasteiger charge is -2.34. The topological polar surface area (TPSA) is 86.8 Å². The fourth-order valence-electron chi connectivity index (χ4n) is 4.28. The van der Waals surface area contributed by atoms with Crippen LogP contribution in [0.5, 0.6) is 0 Å². The molecule has 1 atom stereocenters. The molecule has 0 aliphatic carbocycles. The van der Waals surface area contributed by atoms with E-state index < -0.39 is 28.5 Å². The van der Waals surface area contributed by atoms with Crippen LogP contribution in [0.2, 0.25) is 0 Å². The first kappa shape index (κ1) is 30.4. The van der Waals surface area contributed by atoms with Gasteiger partial charge in [-0.3, -0.25) is 13.9 Å². The van der Waals surface area contributed by atoms with E-state index in [1.165, 1.54) is 4.90 Å². The van der Waals surface area contributed by atoms with Gasteiger partial charge < -0.3 is 10.2 Å². The Morgan fingerprint density at radius 2 is 1.54 bits per heavy atom. The second-order valence-corrected chi connectivity index (χ2v) is 12.6. The van der Waals surface area contributed by atoms with Crippen molar-refractivity contribution in [3.05, 3.63) is 100 Å². The summed E-state index contributed by atoms with van der Waals surface area (Å²) in [5.41, 5.74) is 3.16. The third-order valence-electron chi connectivity index (χ3n) is 6.26. The van der Waals surface area contributed by atoms with Gasteiger partial charge in [-0.15, -0.1) is 0 Å². The minimum atomic E-state index is -3.79. The molecule has 39 heavy (non-hydrogen) atoms. The molecule has 0 spiro atoms. The monoisotopic (exact) mass is 613 g/mol. The third kappa shape index (κ3) is 8.93. The molecule has 9 heteroatoms. The average molecular weight is 615 g/mol. The minimum absolute atomic E-state index is 0.133. The van der Waals surface area contributed by atoms with Gasteiger partial charge in [0, 0.05) is 23.5 Å². The zero-order valence-electron chi connectivity index (χ0n) is 22.8. The number of carbonyl (C=O) groups is 2. The highest BCUT2D eigenvalue weighted by Gasteiger charge is 2.33. The number of anilines is 1. The summed E-state index contributed by atoms with van der Waals surface area (Å²) in [7, 11) is -3.79. The van der Waals surface area contributed by atoms with E-state index in [2.05, 4.69) is 21.2 Å². The van der Waals surface area contributed by atoms with Gasteiger partial charge in [0.05, 0.1) is 11.9 Å². The van der Waals surface area contributed by atoms with Crippen LogP contribution >= 0.6 is 15.9 Å². The smallest absolute Gasteiger partial charge is 0.244 e. The molecule has 0 radical (unpaired) electrons. The minimum Gasteiger partial charge on any atom is -0.352 e. The number of carbonyl (C=O) groups excluding carboxylic acids is 2. The zero-order valence-corrected chi connectivity index (χ0v) is 25.2. The summed E-state index contributed by atoms with van der Waals surface area (Å²) in [6.07, 6.45) is 2.17. The Kier molecular flexibility index (Phi) is 10.7. The Hall–Kier alpha value is -3.17. The van der Waals surface area contributed by atoms with E-state index in [0.29, 0.717) is 5.69 Å². The van der Waals surface area contributed by atoms with Crippen molar-refractivity contribution in [2.45, 2.75) is 52.2 Å². The van der Waals surface area contributed by atoms with E-state index in [0.717, 1.165) is 38.1 Å². The number of hydrogen-bond acceptors (Lipinski definition) is 4. The van der Waals surface area contributed by atoms with Crippen LogP contribution in [0.15, 0.2) is 83.3 Å². The van der Waals surface area contributed by atoms with E-state index in [1.54, 1.807) is 12.1 Å². The number of nitrogens with one attached hydrogen (secondary N) is 1. The van der Waals surface area contributed by atoms with Gasteiger partial charge >= 0.3 is 0 Å². The second kappa shape index (κ2) is 13.8. The van der Waals surface area contributed by atoms with Gasteiger partial charge in [0.25, 0.3) is 0 Å². The van der Waals surface area contributed by atoms with Gasteiger partial charge in [0.15, 0.2) is 0 Å². The van der Waals surface area contributed by atoms with E-state index in [-0.39, 0.29) is 24.9 Å². The molecule has 7 nitrogen and oxygen atoms in total. The van der Waals surface area contributed by atoms with Crippen LogP contribution in [-0.2, 0) is 39.0 Å². The Morgan fingerprint density at radius 1 is 0.897 bits per heavy atom. The number of hydrogen-bond donors (Lipinski definition) is 1. The largest absolute Gasteiger partial charge is 0.352 e. The quantitative estimate of drug-likeness (QED) is 0.313. The lowest BCUT2D eigenvalue weighted by molar-refractivity contribution is -0.140. The van der Waals surface area contributed by atoms with Gasteiger partial charge in [0.1, 0.15) is 12.6 Å². The molecule has 208 valence electrons. The summed E-state index contributed by atoms with van der Waals surface area (Å²) >= 11 is 3.48. The zero-order chi connectivity index (χ0) is 28.6. The van der Waals surface area contributed by atoms with Gasteiger partial charge in [-0.05, 0) is 61.2 Å². The summed E-state index contributed by atoms with van der Waals surface area (Å²) in [5.74, 6) is -0.768. The van der Waals surface area contributed by atoms with Gasteiger partial charge in [0.2, 0.25) is 21.8 Å². The number of benzene rings is 3. The van der Waals surface area contributed by atoms with Crippen molar-refractivity contribution < 1.29 is 18.0 Å². The molecular weight excluding hydrogens is 578 g/mol. The van der Waals surface area contributed by atoms with E-state index >= 15 is 0 Å². The van der Waals surface area contributed by atoms with Gasteiger partial charge in [-0.1, -0.05) is 77.5 Å². The molecule has 0 saturated carbocycles. The summed E-state index contributed by atoms with van der Waals surface area (Å²) < 4.78 is 27.7. The molecule has 0 fully saturated rings. The van der Waals surface area contributed by atoms with Crippen molar-refractivity contribution in [3.8, 4) is 0 Å². The molecule has 3 aromatic carbocycles. The summed E-state index contributed by atoms with van der Waals surface area (Å²) in [6, 6.07) is 23.1. The van der Waals surface area contributed by atoms with Crippen LogP contribution in [0, 0.1) is 0 Å². The fourth-order valence-corrected chi connectivity index (χ4v) is 5.57. The normalized spacial score (nSPS) is 12.2. The van der Waals surface area contributed by atoms with E-state index in [1.807, 2.05) is 87.5 Å². The molecule has 1 N–H and O–H groups in total. The predicted molar refractivity (Wildman–Crippen MR) is 160 cm³/mol. The fraction of sp³-hybridized carbons (Fsp3) is 0.333. The standard InChI is InChI=1S/C30H36BrN3O4S/c1-5-23-14-16-27(17-15-23)34(39(4,37)38)21-29(35)33(20-25-12-9-13-26(31)18-25)28(30(36)32-22(2)3)19-24-10-7-6-8-11-24/h6-18,22,28H,5,19-21H2,1-4H3,(H,32,36)/t28-/m1/s1. The van der Waals surface area contributed by atoms with Gasteiger partial charge in [-0.25, -0.2) is 8.42 Å². The van der Waals surface area contributed by atoms with Crippen LogP contribution in [0.1, 0.15) is 37.5 Å². The molecule has 0 bridgehead atoms. The number of nitrogens with zero attached hydrogens (tertiary/aromatic N) is 2. The Balaban J connectivity index is 2.04. The van der Waals surface area contributed by atoms with E-state index in [9.17, 15) is 18.0 Å². The number of sulfonamides is 1. The van der Waals surface area contributed by atoms with Crippen molar-refractivity contribution in [2.75, 3.05) is 17.1 Å². The van der Waals surface area contributed by atoms with E-state index in [4.69, 9.17) is 0 Å². The van der Waals surface area contributed by atoms with Crippen molar-refractivity contribution in [2.24, 2.45) is 0 Å². The first-order valence-electron chi connectivity index (χ1n) is 12.9. The predicted octanol–water partition coefficient (Wildman–Crippen LogP) is 4.94. The van der Waals surface area contributed by atoms with Crippen LogP contribution < -0.4 is 9.62 Å². The van der Waals surface area contributed by atoms with Crippen molar-refractivity contribution in [1.82, 2.24) is 10.2 Å². The maximum Gasteiger partial charge on any atom is 0.244 e. The van der Waals surface area contributed by atoms with Crippen LogP contribution in [0.4, 0.5) is 5.69 Å². The Bertz CT molecular complexity index is 1360. The van der Waals surface area contributed by atoms with Crippen LogP contribution in [0.3, 0.4) is 0 Å². The molecule has 2 amide bonds. The number of halogens is 1. The molecular formula is C30H36BrN3O4S. The average Bonchev–Trinajstić information content (AvgIpc) is 2.89. The molecule has 0 aromatic heterocycles. The highest BCUT2D eigenvalue weighted by Crippen LogP contribution is 2.22. The van der Waals surface area contributed by atoms with Crippen LogP contribution in [0.25, 0.3) is 0 Å². The number of rotatable bonds is 12. The molecule has 3 aromatic rings. The maximum absolute atomic E-state index is 14.0. The van der Waals surface area contributed by atoms with Gasteiger partial charge in [-0.2, -0.15) is 0 Å². The lowest BCUT2D eigenvalue weighted by atomic mass is 10.0. The molecule has 0 saturated heterocycles. The maximum atomic E-state index is 14.0. The highest BCUT2D eigenvalue weighted by molar-refractivity contribution is 9.10. The SMILES string of the molecule is CCc1ccc(N(CC(=O)N(Cc2cccc(Br)c2)[C@H](Cc2ccccc2)C(=O)NC(C)C)S(C)(=O)=O)cc1. The molecule has 3 rings (SSSR count). The number of aryl methyl sites for hydroxylation is 1. The Morgan fingerprint density at radius 3 is 2.10 bits per heavy atom. The number of amides is 2. The first-order valence-corrected chi connectivity index (χ1v) is 15.6. The summed E-state index contributed by atoms with van der Waals surface area (Å²) in [4.78, 5) is 29.1. The highest BCUT2D eigenvalue weighted by atomic mass is 79.9. The second-order valence-electron chi connectivity index (χ2n) is 9.81. The van der Waals surface area contributed by atoms with Crippen molar-refractivity contribution >= 4 is 43.5 Å². The van der Waals surface area contributed by atoms with Crippen molar-refractivity contribution in [3.63, 3.8) is 0 Å². The Labute approximate surface area is 240 Å². The van der Waals surface area contributed by atoms with Crippen LogP contribution in [-0.4, -0.2) is 50.0 Å². The third-order valence-corrected chi connectivity index (χ3v) is 7.89. The molecule has 0 unspecified atom stereocenters. The van der Waals surface area contributed by atoms with Crippen molar-refractivity contribution in [1.29, 1.82) is 0 Å². The summed E-state index contributed by atoms with van der Waals surface area (Å²) in [6.45, 7) is 5.45. The molecule has 0 aliphatic heterocycles.